The number of carbonyl (C=O) groups excluding carboxylic acids is 1. The first-order valence-corrected chi connectivity index (χ1v) is 13.0. The largest absolute Gasteiger partial charge is 0.405 e. The zero-order valence-electron chi connectivity index (χ0n) is 21.3. The predicted molar refractivity (Wildman–Crippen MR) is 144 cm³/mol. The molecule has 3 N–H and O–H groups in total. The fourth-order valence-corrected chi connectivity index (χ4v) is 5.83. The second-order valence-electron chi connectivity index (χ2n) is 9.90. The zero-order chi connectivity index (χ0) is 26.9. The van der Waals surface area contributed by atoms with Gasteiger partial charge < -0.3 is 15.6 Å². The predicted octanol–water partition coefficient (Wildman–Crippen LogP) is 6.39. The van der Waals surface area contributed by atoms with Crippen LogP contribution in [0.4, 0.5) is 18.9 Å². The van der Waals surface area contributed by atoms with Crippen LogP contribution in [0.5, 0.6) is 0 Å². The quantitative estimate of drug-likeness (QED) is 0.199. The van der Waals surface area contributed by atoms with E-state index in [2.05, 4.69) is 16.8 Å². The highest BCUT2D eigenvalue weighted by Crippen LogP contribution is 2.51. The van der Waals surface area contributed by atoms with Crippen LogP contribution in [0.25, 0.3) is 22.2 Å². The monoisotopic (exact) mass is 520 g/mol. The summed E-state index contributed by atoms with van der Waals surface area (Å²) in [6.45, 7) is 1.42. The molecule has 0 aliphatic heterocycles. The summed E-state index contributed by atoms with van der Waals surface area (Å²) in [4.78, 5) is 18.4. The molecule has 0 bridgehead atoms. The number of hydrogen-bond donors (Lipinski definition) is 2. The number of hydrogen-bond acceptors (Lipinski definition) is 3. The number of carbonyl (C=O) groups is 1. The molecule has 1 aliphatic carbocycles. The normalized spacial score (nSPS) is 13.9. The maximum Gasteiger partial charge on any atom is 0.405 e. The van der Waals surface area contributed by atoms with Crippen molar-refractivity contribution in [2.24, 2.45) is 0 Å². The molecule has 4 aromatic rings. The van der Waals surface area contributed by atoms with Crippen LogP contribution in [0, 0.1) is 0 Å². The molecule has 5 nitrogen and oxygen atoms in total. The highest BCUT2D eigenvalue weighted by Gasteiger charge is 2.49. The molecule has 1 heterocycles. The third-order valence-corrected chi connectivity index (χ3v) is 7.45. The van der Waals surface area contributed by atoms with Crippen molar-refractivity contribution in [1.82, 2.24) is 14.9 Å². The van der Waals surface area contributed by atoms with Crippen LogP contribution in [0.2, 0.25) is 0 Å². The Balaban J connectivity index is 1.45. The van der Waals surface area contributed by atoms with Crippen molar-refractivity contribution in [3.63, 3.8) is 0 Å². The zero-order valence-corrected chi connectivity index (χ0v) is 21.3. The lowest BCUT2D eigenvalue weighted by atomic mass is 9.73. The SMILES string of the molecule is CCCc1nc2c(N)cccc2n1CCCCC1(C(=O)NCC(F)(F)F)c2ccccc2-c2ccccc21. The summed E-state index contributed by atoms with van der Waals surface area (Å²) in [6.07, 6.45) is -0.972. The summed E-state index contributed by atoms with van der Waals surface area (Å²) in [5.74, 6) is 0.356. The van der Waals surface area contributed by atoms with E-state index in [0.29, 0.717) is 25.1 Å². The van der Waals surface area contributed by atoms with Gasteiger partial charge in [-0.3, -0.25) is 4.79 Å². The van der Waals surface area contributed by atoms with Crippen LogP contribution in [-0.2, 0) is 23.2 Å². The molecule has 3 aromatic carbocycles. The molecule has 0 spiro atoms. The number of rotatable bonds is 9. The number of aromatic nitrogens is 2. The standard InChI is InChI=1S/C30H31F3N4O/c1-2-10-26-36-27-24(34)15-9-16-25(27)37(26)18-8-7-17-29(28(38)35-19-30(31,32)33)22-13-5-3-11-20(22)21-12-4-6-14-23(21)29/h3-6,9,11-16H,2,7-8,10,17-19,34H2,1H3,(H,35,38). The van der Waals surface area contributed by atoms with Gasteiger partial charge in [0.25, 0.3) is 0 Å². The van der Waals surface area contributed by atoms with E-state index in [1.165, 1.54) is 0 Å². The molecule has 198 valence electrons. The first-order chi connectivity index (χ1) is 18.3. The van der Waals surface area contributed by atoms with Gasteiger partial charge in [-0.15, -0.1) is 0 Å². The second-order valence-corrected chi connectivity index (χ2v) is 9.90. The Morgan fingerprint density at radius 3 is 2.26 bits per heavy atom. The van der Waals surface area contributed by atoms with Gasteiger partial charge in [-0.1, -0.05) is 61.5 Å². The van der Waals surface area contributed by atoms with Crippen LogP contribution in [0.3, 0.4) is 0 Å². The third-order valence-electron chi connectivity index (χ3n) is 7.45. The number of benzene rings is 3. The van der Waals surface area contributed by atoms with Gasteiger partial charge in [0.05, 0.1) is 11.2 Å². The van der Waals surface area contributed by atoms with Crippen LogP contribution >= 0.6 is 0 Å². The van der Waals surface area contributed by atoms with Crippen molar-refractivity contribution >= 4 is 22.6 Å². The second kappa shape index (κ2) is 10.2. The van der Waals surface area contributed by atoms with Crippen molar-refractivity contribution in [3.8, 4) is 11.1 Å². The number of imidazole rings is 1. The molecule has 0 saturated carbocycles. The molecule has 0 atom stereocenters. The van der Waals surface area contributed by atoms with Crippen molar-refractivity contribution in [2.75, 3.05) is 12.3 Å². The number of aryl methyl sites for hydroxylation is 2. The summed E-state index contributed by atoms with van der Waals surface area (Å²) in [5, 5.41) is 2.20. The molecule has 38 heavy (non-hydrogen) atoms. The van der Waals surface area contributed by atoms with E-state index < -0.39 is 24.0 Å². The lowest BCUT2D eigenvalue weighted by Crippen LogP contribution is -2.47. The summed E-state index contributed by atoms with van der Waals surface area (Å²) in [5.41, 5.74) is 10.7. The number of fused-ring (bicyclic) bond motifs is 4. The van der Waals surface area contributed by atoms with Gasteiger partial charge in [0.1, 0.15) is 23.3 Å². The maximum absolute atomic E-state index is 13.7. The molecule has 1 amide bonds. The lowest BCUT2D eigenvalue weighted by Gasteiger charge is -2.31. The highest BCUT2D eigenvalue weighted by molar-refractivity contribution is 6.00. The Hall–Kier alpha value is -3.81. The summed E-state index contributed by atoms with van der Waals surface area (Å²) < 4.78 is 41.5. The number of unbranched alkanes of at least 4 members (excludes halogenated alkanes) is 1. The van der Waals surface area contributed by atoms with Crippen molar-refractivity contribution in [3.05, 3.63) is 83.7 Å². The van der Waals surface area contributed by atoms with Gasteiger partial charge in [-0.05, 0) is 60.1 Å². The number of nitrogens with zero attached hydrogens (tertiary/aromatic N) is 2. The Morgan fingerprint density at radius 2 is 1.63 bits per heavy atom. The minimum absolute atomic E-state index is 0.391. The van der Waals surface area contributed by atoms with Crippen LogP contribution in [0.15, 0.2) is 66.7 Å². The van der Waals surface area contributed by atoms with E-state index in [9.17, 15) is 18.0 Å². The molecule has 0 unspecified atom stereocenters. The van der Waals surface area contributed by atoms with Gasteiger partial charge in [0.2, 0.25) is 5.91 Å². The summed E-state index contributed by atoms with van der Waals surface area (Å²) in [6, 6.07) is 20.8. The Kier molecular flexibility index (Phi) is 6.90. The molecule has 0 saturated heterocycles. The Labute approximate surface area is 219 Å². The smallest absolute Gasteiger partial charge is 0.397 e. The fourth-order valence-electron chi connectivity index (χ4n) is 5.83. The minimum atomic E-state index is -4.49. The number of para-hydroxylation sites is 1. The lowest BCUT2D eigenvalue weighted by molar-refractivity contribution is -0.141. The number of halogens is 3. The fraction of sp³-hybridized carbons (Fsp3) is 0.333. The number of alkyl halides is 3. The van der Waals surface area contributed by atoms with Crippen molar-refractivity contribution in [1.29, 1.82) is 0 Å². The van der Waals surface area contributed by atoms with E-state index in [4.69, 9.17) is 10.7 Å². The van der Waals surface area contributed by atoms with Gasteiger partial charge >= 0.3 is 6.18 Å². The summed E-state index contributed by atoms with van der Waals surface area (Å²) >= 11 is 0. The third kappa shape index (κ3) is 4.52. The number of anilines is 1. The van der Waals surface area contributed by atoms with Gasteiger partial charge in [-0.25, -0.2) is 4.98 Å². The van der Waals surface area contributed by atoms with Crippen LogP contribution in [0.1, 0.15) is 49.6 Å². The molecule has 1 aliphatic rings. The molecule has 1 aromatic heterocycles. The number of nitrogen functional groups attached to an aromatic ring is 1. The van der Waals surface area contributed by atoms with E-state index in [0.717, 1.165) is 58.4 Å². The topological polar surface area (TPSA) is 72.9 Å². The Morgan fingerprint density at radius 1 is 0.974 bits per heavy atom. The molecule has 5 rings (SSSR count). The van der Waals surface area contributed by atoms with Gasteiger partial charge in [0, 0.05) is 13.0 Å². The van der Waals surface area contributed by atoms with E-state index in [1.54, 1.807) is 0 Å². The average molecular weight is 521 g/mol. The van der Waals surface area contributed by atoms with Crippen LogP contribution in [-0.4, -0.2) is 28.2 Å². The van der Waals surface area contributed by atoms with Crippen LogP contribution < -0.4 is 11.1 Å². The first kappa shape index (κ1) is 25.8. The first-order valence-electron chi connectivity index (χ1n) is 13.0. The van der Waals surface area contributed by atoms with Crippen molar-refractivity contribution < 1.29 is 18.0 Å². The maximum atomic E-state index is 13.7. The molecule has 8 heteroatoms. The number of nitrogens with one attached hydrogen (secondary N) is 1. The van der Waals surface area contributed by atoms with Gasteiger partial charge in [-0.2, -0.15) is 13.2 Å². The Bertz CT molecular complexity index is 1430. The summed E-state index contributed by atoms with van der Waals surface area (Å²) in [7, 11) is 0. The number of nitrogens with two attached hydrogens (primary N) is 1. The molecular weight excluding hydrogens is 489 g/mol. The molecule has 0 fully saturated rings. The highest BCUT2D eigenvalue weighted by atomic mass is 19.4. The van der Waals surface area contributed by atoms with E-state index in [1.807, 2.05) is 66.7 Å². The number of amides is 1. The van der Waals surface area contributed by atoms with Crippen molar-refractivity contribution in [2.45, 2.75) is 57.2 Å². The average Bonchev–Trinajstić information content (AvgIpc) is 3.40. The molecule has 0 radical (unpaired) electrons. The minimum Gasteiger partial charge on any atom is -0.397 e. The van der Waals surface area contributed by atoms with Gasteiger partial charge in [0.15, 0.2) is 0 Å². The molecular formula is C30H31F3N4O. The van der Waals surface area contributed by atoms with E-state index in [-0.39, 0.29) is 0 Å². The van der Waals surface area contributed by atoms with E-state index >= 15 is 0 Å².